The maximum atomic E-state index is 15.6. The van der Waals surface area contributed by atoms with Crippen molar-refractivity contribution in [3.8, 4) is 6.01 Å². The molecule has 2 aromatic rings. The molecule has 2 N–H and O–H groups in total. The van der Waals surface area contributed by atoms with Gasteiger partial charge < -0.3 is 20.1 Å². The van der Waals surface area contributed by atoms with Gasteiger partial charge in [-0.25, -0.2) is 8.78 Å². The zero-order chi connectivity index (χ0) is 31.0. The van der Waals surface area contributed by atoms with Crippen LogP contribution < -0.4 is 15.4 Å². The lowest BCUT2D eigenvalue weighted by molar-refractivity contribution is -0.151. The SMILES string of the molecule is Cc1cc(N)c(F)c(C2Cc3nc(OC[C@@]45CCCN4C[C@H](F)C5)nc(N4CCCC5(CCO5)C4)c3CC2C)c1C(F)(F)F. The second-order valence-corrected chi connectivity index (χ2v) is 13.8. The van der Waals surface area contributed by atoms with Crippen molar-refractivity contribution in [3.63, 3.8) is 0 Å². The molecule has 44 heavy (non-hydrogen) atoms. The summed E-state index contributed by atoms with van der Waals surface area (Å²) in [6.07, 6.45) is -0.142. The Morgan fingerprint density at radius 1 is 1.14 bits per heavy atom. The van der Waals surface area contributed by atoms with Crippen molar-refractivity contribution in [1.29, 1.82) is 0 Å². The van der Waals surface area contributed by atoms with E-state index in [1.165, 1.54) is 6.92 Å². The predicted octanol–water partition coefficient (Wildman–Crippen LogP) is 5.76. The molecule has 5 aliphatic rings. The number of aromatic nitrogens is 2. The van der Waals surface area contributed by atoms with E-state index in [9.17, 15) is 17.6 Å². The molecule has 5 atom stereocenters. The number of ether oxygens (including phenoxy) is 2. The van der Waals surface area contributed by atoms with Crippen LogP contribution in [0.15, 0.2) is 6.07 Å². The molecule has 0 saturated carbocycles. The minimum atomic E-state index is -4.74. The third kappa shape index (κ3) is 5.00. The summed E-state index contributed by atoms with van der Waals surface area (Å²) in [7, 11) is 0. The maximum Gasteiger partial charge on any atom is 0.417 e. The lowest BCUT2D eigenvalue weighted by Crippen LogP contribution is -2.56. The summed E-state index contributed by atoms with van der Waals surface area (Å²) in [6, 6.07) is 1.19. The van der Waals surface area contributed by atoms with Crippen molar-refractivity contribution in [2.24, 2.45) is 5.92 Å². The second-order valence-electron chi connectivity index (χ2n) is 13.8. The number of piperidine rings is 1. The molecule has 5 heterocycles. The Labute approximate surface area is 254 Å². The molecule has 4 saturated heterocycles. The van der Waals surface area contributed by atoms with Gasteiger partial charge >= 0.3 is 12.2 Å². The van der Waals surface area contributed by atoms with Crippen LogP contribution in [0, 0.1) is 18.7 Å². The first-order chi connectivity index (χ1) is 20.9. The predicted molar refractivity (Wildman–Crippen MR) is 155 cm³/mol. The van der Waals surface area contributed by atoms with E-state index in [0.717, 1.165) is 63.4 Å². The van der Waals surface area contributed by atoms with Crippen LogP contribution in [-0.4, -0.2) is 71.6 Å². The lowest BCUT2D eigenvalue weighted by atomic mass is 9.73. The number of fused-ring (bicyclic) bond motifs is 2. The smallest absolute Gasteiger partial charge is 0.417 e. The average Bonchev–Trinajstić information content (AvgIpc) is 3.47. The third-order valence-electron chi connectivity index (χ3n) is 10.9. The van der Waals surface area contributed by atoms with Crippen molar-refractivity contribution < 1.29 is 31.4 Å². The molecule has 240 valence electrons. The molecule has 4 aliphatic heterocycles. The Bertz CT molecular complexity index is 1450. The maximum absolute atomic E-state index is 15.6. The van der Waals surface area contributed by atoms with Gasteiger partial charge in [0.1, 0.15) is 24.4 Å². The molecule has 7 nitrogen and oxygen atoms in total. The highest BCUT2D eigenvalue weighted by atomic mass is 19.4. The van der Waals surface area contributed by atoms with Gasteiger partial charge in [0.15, 0.2) is 0 Å². The Kier molecular flexibility index (Phi) is 7.27. The summed E-state index contributed by atoms with van der Waals surface area (Å²) in [4.78, 5) is 14.0. The summed E-state index contributed by atoms with van der Waals surface area (Å²) < 4.78 is 85.4. The molecule has 1 spiro atoms. The van der Waals surface area contributed by atoms with Gasteiger partial charge in [-0.2, -0.15) is 23.1 Å². The Balaban J connectivity index is 1.28. The molecule has 0 radical (unpaired) electrons. The van der Waals surface area contributed by atoms with E-state index < -0.39 is 40.7 Å². The minimum Gasteiger partial charge on any atom is -0.461 e. The van der Waals surface area contributed by atoms with Gasteiger partial charge in [-0.3, -0.25) is 4.90 Å². The van der Waals surface area contributed by atoms with Crippen LogP contribution in [0.4, 0.5) is 33.5 Å². The molecule has 0 bridgehead atoms. The van der Waals surface area contributed by atoms with Crippen molar-refractivity contribution in [2.45, 2.75) is 94.6 Å². The van der Waals surface area contributed by atoms with Crippen molar-refractivity contribution >= 4 is 11.5 Å². The van der Waals surface area contributed by atoms with E-state index >= 15 is 4.39 Å². The number of anilines is 2. The highest BCUT2D eigenvalue weighted by Gasteiger charge is 2.50. The van der Waals surface area contributed by atoms with Crippen LogP contribution in [0.1, 0.15) is 79.3 Å². The van der Waals surface area contributed by atoms with Crippen molar-refractivity contribution in [1.82, 2.24) is 14.9 Å². The van der Waals surface area contributed by atoms with Gasteiger partial charge in [-0.15, -0.1) is 0 Å². The van der Waals surface area contributed by atoms with Crippen LogP contribution in [-0.2, 0) is 23.8 Å². The summed E-state index contributed by atoms with van der Waals surface area (Å²) in [5, 5.41) is 0. The Morgan fingerprint density at radius 2 is 1.91 bits per heavy atom. The molecular weight excluding hydrogens is 581 g/mol. The fourth-order valence-corrected chi connectivity index (χ4v) is 8.67. The van der Waals surface area contributed by atoms with Gasteiger partial charge in [0.2, 0.25) is 0 Å². The van der Waals surface area contributed by atoms with Gasteiger partial charge in [0.05, 0.1) is 34.7 Å². The fourth-order valence-electron chi connectivity index (χ4n) is 8.67. The topological polar surface area (TPSA) is 76.7 Å². The highest BCUT2D eigenvalue weighted by molar-refractivity contribution is 5.57. The van der Waals surface area contributed by atoms with Crippen LogP contribution in [0.3, 0.4) is 0 Å². The summed E-state index contributed by atoms with van der Waals surface area (Å²) in [6.45, 7) is 6.77. The molecule has 1 aromatic heterocycles. The van der Waals surface area contributed by atoms with Crippen molar-refractivity contribution in [3.05, 3.63) is 39.8 Å². The molecule has 1 aromatic carbocycles. The molecule has 3 unspecified atom stereocenters. The molecule has 7 rings (SSSR count). The lowest BCUT2D eigenvalue weighted by Gasteiger charge is -2.49. The standard InChI is InChI=1S/C32H40F5N5O2/c1-18-11-22-24(13-21(18)25-26(32(35,36)37)19(2)12-23(38)27(25)34)39-29(43-17-30-5-3-9-42(30)15-20(33)14-30)40-28(22)41-8-4-6-31(16-41)7-10-44-31/h12,18,20-21H,3-11,13-17,38H2,1-2H3/t18?,20-,21?,30+,31?/m1/s1. The minimum absolute atomic E-state index is 0.0879. The second kappa shape index (κ2) is 10.7. The number of nitrogens with zero attached hydrogens (tertiary/aromatic N) is 4. The molecule has 4 fully saturated rings. The third-order valence-corrected chi connectivity index (χ3v) is 10.9. The number of nitrogens with two attached hydrogens (primary N) is 1. The number of halogens is 5. The van der Waals surface area contributed by atoms with Gasteiger partial charge in [0.25, 0.3) is 0 Å². The van der Waals surface area contributed by atoms with Gasteiger partial charge in [0, 0.05) is 43.6 Å². The van der Waals surface area contributed by atoms with E-state index in [1.54, 1.807) is 0 Å². The Morgan fingerprint density at radius 3 is 2.64 bits per heavy atom. The first kappa shape index (κ1) is 30.0. The van der Waals surface area contributed by atoms with E-state index in [-0.39, 0.29) is 41.8 Å². The number of hydrogen-bond donors (Lipinski definition) is 1. The number of hydrogen-bond acceptors (Lipinski definition) is 7. The van der Waals surface area contributed by atoms with Gasteiger partial charge in [-0.1, -0.05) is 6.92 Å². The first-order valence-electron chi connectivity index (χ1n) is 15.8. The number of nitrogen functional groups attached to an aromatic ring is 1. The molecule has 0 amide bonds. The largest absolute Gasteiger partial charge is 0.461 e. The summed E-state index contributed by atoms with van der Waals surface area (Å²) >= 11 is 0. The highest BCUT2D eigenvalue weighted by Crippen LogP contribution is 2.48. The molecular formula is C32H40F5N5O2. The van der Waals surface area contributed by atoms with E-state index in [1.807, 2.05) is 6.92 Å². The van der Waals surface area contributed by atoms with Crippen molar-refractivity contribution in [2.75, 3.05) is 50.0 Å². The normalized spacial score (nSPS) is 32.1. The number of aryl methyl sites for hydroxylation is 1. The van der Waals surface area contributed by atoms with E-state index in [4.69, 9.17) is 25.2 Å². The summed E-state index contributed by atoms with van der Waals surface area (Å²) in [5.41, 5.74) is 4.94. The first-order valence-corrected chi connectivity index (χ1v) is 15.8. The van der Waals surface area contributed by atoms with E-state index in [2.05, 4.69) is 9.80 Å². The number of rotatable bonds is 5. The van der Waals surface area contributed by atoms with Crippen LogP contribution >= 0.6 is 0 Å². The zero-order valence-corrected chi connectivity index (χ0v) is 25.3. The quantitative estimate of drug-likeness (QED) is 0.336. The van der Waals surface area contributed by atoms with Crippen LogP contribution in [0.2, 0.25) is 0 Å². The number of benzene rings is 1. The van der Waals surface area contributed by atoms with Gasteiger partial charge in [-0.05, 0) is 75.5 Å². The zero-order valence-electron chi connectivity index (χ0n) is 25.3. The number of alkyl halides is 4. The van der Waals surface area contributed by atoms with Crippen LogP contribution in [0.25, 0.3) is 0 Å². The monoisotopic (exact) mass is 621 g/mol. The fraction of sp³-hybridized carbons (Fsp3) is 0.688. The van der Waals surface area contributed by atoms with Crippen LogP contribution in [0.5, 0.6) is 6.01 Å². The molecule has 1 aliphatic carbocycles. The average molecular weight is 622 g/mol. The molecule has 12 heteroatoms. The van der Waals surface area contributed by atoms with E-state index in [0.29, 0.717) is 37.4 Å². The summed E-state index contributed by atoms with van der Waals surface area (Å²) in [5.74, 6) is -1.44. The Hall–Kier alpha value is -2.73.